The Hall–Kier alpha value is -1.34. The molecule has 1 aliphatic heterocycles. The molecule has 0 aromatic heterocycles. The minimum Gasteiger partial charge on any atom is -0.481 e. The molecule has 1 heterocycles. The van der Waals surface area contributed by atoms with Crippen LogP contribution >= 0.6 is 0 Å². The van der Waals surface area contributed by atoms with Crippen molar-refractivity contribution in [1.82, 2.24) is 10.6 Å². The molecule has 0 aromatic rings. The van der Waals surface area contributed by atoms with Crippen LogP contribution in [0, 0.1) is 0 Å². The van der Waals surface area contributed by atoms with Crippen LogP contribution in [0.4, 0.5) is 4.79 Å². The zero-order valence-corrected chi connectivity index (χ0v) is 11.5. The van der Waals surface area contributed by atoms with Gasteiger partial charge in [-0.2, -0.15) is 0 Å². The molecule has 1 spiro atoms. The van der Waals surface area contributed by atoms with Gasteiger partial charge in [0.1, 0.15) is 6.10 Å². The number of nitrogens with one attached hydrogen (secondary N) is 2. The number of hydrogen-bond donors (Lipinski definition) is 3. The third-order valence-electron chi connectivity index (χ3n) is 3.64. The smallest absolute Gasteiger partial charge is 0.314 e. The van der Waals surface area contributed by atoms with Crippen molar-refractivity contribution in [2.75, 3.05) is 19.7 Å². The first kappa shape index (κ1) is 15.1. The van der Waals surface area contributed by atoms with Crippen LogP contribution in [0.15, 0.2) is 0 Å². The molecule has 2 amide bonds. The number of aliphatic carboxylic acids is 1. The number of rotatable bonds is 5. The number of ether oxygens (including phenoxy) is 2. The summed E-state index contributed by atoms with van der Waals surface area (Å²) >= 11 is 0. The Balaban J connectivity index is 1.62. The molecule has 1 saturated heterocycles. The summed E-state index contributed by atoms with van der Waals surface area (Å²) in [4.78, 5) is 21.7. The second-order valence-corrected chi connectivity index (χ2v) is 5.30. The second-order valence-electron chi connectivity index (χ2n) is 5.30. The monoisotopic (exact) mass is 286 g/mol. The minimum absolute atomic E-state index is 0.0838. The van der Waals surface area contributed by atoms with Crippen LogP contribution in [0.25, 0.3) is 0 Å². The third kappa shape index (κ3) is 4.35. The maximum atomic E-state index is 11.4. The topological polar surface area (TPSA) is 96.9 Å². The fraction of sp³-hybridized carbons (Fsp3) is 0.846. The van der Waals surface area contributed by atoms with E-state index in [1.807, 2.05) is 0 Å². The molecule has 0 radical (unpaired) electrons. The molecule has 1 unspecified atom stereocenters. The lowest BCUT2D eigenvalue weighted by molar-refractivity contribution is -0.186. The Morgan fingerprint density at radius 3 is 2.65 bits per heavy atom. The fourth-order valence-corrected chi connectivity index (χ4v) is 2.62. The zero-order valence-electron chi connectivity index (χ0n) is 11.5. The molecule has 7 heteroatoms. The normalized spacial score (nSPS) is 24.5. The van der Waals surface area contributed by atoms with E-state index in [0.29, 0.717) is 13.2 Å². The summed E-state index contributed by atoms with van der Waals surface area (Å²) in [6.45, 7) is 0.989. The number of carbonyl (C=O) groups is 2. The molecular formula is C13H22N2O5. The average Bonchev–Trinajstić information content (AvgIpc) is 2.80. The highest BCUT2D eigenvalue weighted by molar-refractivity contribution is 5.74. The molecule has 1 atom stereocenters. The molecule has 0 aromatic carbocycles. The van der Waals surface area contributed by atoms with Gasteiger partial charge in [0.25, 0.3) is 0 Å². The lowest BCUT2D eigenvalue weighted by Gasteiger charge is -2.31. The van der Waals surface area contributed by atoms with Crippen LogP contribution in [0.1, 0.15) is 38.5 Å². The number of urea groups is 1. The van der Waals surface area contributed by atoms with Gasteiger partial charge in [-0.15, -0.1) is 0 Å². The van der Waals surface area contributed by atoms with Crippen molar-refractivity contribution >= 4 is 12.0 Å². The highest BCUT2D eigenvalue weighted by atomic mass is 16.7. The van der Waals surface area contributed by atoms with Crippen molar-refractivity contribution in [2.45, 2.75) is 50.4 Å². The predicted octanol–water partition coefficient (Wildman–Crippen LogP) is 0.836. The van der Waals surface area contributed by atoms with E-state index in [2.05, 4.69) is 10.6 Å². The fourth-order valence-electron chi connectivity index (χ4n) is 2.62. The summed E-state index contributed by atoms with van der Waals surface area (Å²) in [5.41, 5.74) is 0. The molecule has 2 aliphatic rings. The molecule has 20 heavy (non-hydrogen) atoms. The molecule has 114 valence electrons. The Morgan fingerprint density at radius 1 is 1.20 bits per heavy atom. The Kier molecular flexibility index (Phi) is 5.19. The quantitative estimate of drug-likeness (QED) is 0.695. The van der Waals surface area contributed by atoms with Gasteiger partial charge in [-0.25, -0.2) is 4.79 Å². The van der Waals surface area contributed by atoms with Crippen LogP contribution in [0.3, 0.4) is 0 Å². The van der Waals surface area contributed by atoms with E-state index in [9.17, 15) is 9.59 Å². The van der Waals surface area contributed by atoms with Crippen molar-refractivity contribution < 1.29 is 24.2 Å². The number of amides is 2. The summed E-state index contributed by atoms with van der Waals surface area (Å²) < 4.78 is 11.7. The van der Waals surface area contributed by atoms with Gasteiger partial charge in [0.05, 0.1) is 13.0 Å². The lowest BCUT2D eigenvalue weighted by Crippen LogP contribution is -2.42. The van der Waals surface area contributed by atoms with Crippen molar-refractivity contribution in [3.05, 3.63) is 0 Å². The van der Waals surface area contributed by atoms with Crippen LogP contribution < -0.4 is 10.6 Å². The molecule has 0 bridgehead atoms. The van der Waals surface area contributed by atoms with Crippen molar-refractivity contribution in [1.29, 1.82) is 0 Å². The molecule has 3 N–H and O–H groups in total. The molecule has 2 rings (SSSR count). The van der Waals surface area contributed by atoms with E-state index in [-0.39, 0.29) is 25.1 Å². The van der Waals surface area contributed by atoms with E-state index in [1.165, 1.54) is 6.42 Å². The van der Waals surface area contributed by atoms with E-state index in [4.69, 9.17) is 14.6 Å². The first-order valence-corrected chi connectivity index (χ1v) is 7.15. The Labute approximate surface area is 118 Å². The molecule has 2 fully saturated rings. The first-order chi connectivity index (χ1) is 9.60. The largest absolute Gasteiger partial charge is 0.481 e. The first-order valence-electron chi connectivity index (χ1n) is 7.15. The number of hydrogen-bond acceptors (Lipinski definition) is 4. The molecule has 1 saturated carbocycles. The van der Waals surface area contributed by atoms with Gasteiger partial charge in [-0.3, -0.25) is 4.79 Å². The zero-order chi connectivity index (χ0) is 14.4. The van der Waals surface area contributed by atoms with Gasteiger partial charge in [0.15, 0.2) is 5.79 Å². The number of carboxylic acids is 1. The highest BCUT2D eigenvalue weighted by Gasteiger charge is 2.42. The summed E-state index contributed by atoms with van der Waals surface area (Å²) in [7, 11) is 0. The van der Waals surface area contributed by atoms with Crippen LogP contribution in [0.5, 0.6) is 0 Å². The minimum atomic E-state index is -0.933. The van der Waals surface area contributed by atoms with Gasteiger partial charge < -0.3 is 25.2 Å². The number of carbonyl (C=O) groups excluding carboxylic acids is 1. The van der Waals surface area contributed by atoms with Gasteiger partial charge in [-0.1, -0.05) is 6.42 Å². The van der Waals surface area contributed by atoms with E-state index >= 15 is 0 Å². The third-order valence-corrected chi connectivity index (χ3v) is 3.64. The van der Waals surface area contributed by atoms with Gasteiger partial charge in [-0.05, 0) is 12.8 Å². The predicted molar refractivity (Wildman–Crippen MR) is 70.3 cm³/mol. The van der Waals surface area contributed by atoms with Gasteiger partial charge >= 0.3 is 12.0 Å². The van der Waals surface area contributed by atoms with Crippen LogP contribution in [-0.4, -0.2) is 48.7 Å². The summed E-state index contributed by atoms with van der Waals surface area (Å²) in [5.74, 6) is -1.36. The van der Waals surface area contributed by atoms with Crippen LogP contribution in [-0.2, 0) is 14.3 Å². The maximum Gasteiger partial charge on any atom is 0.314 e. The second kappa shape index (κ2) is 6.90. The lowest BCUT2D eigenvalue weighted by atomic mass is 9.94. The Morgan fingerprint density at radius 2 is 1.95 bits per heavy atom. The average molecular weight is 286 g/mol. The highest BCUT2D eigenvalue weighted by Crippen LogP contribution is 2.37. The van der Waals surface area contributed by atoms with Gasteiger partial charge in [0, 0.05) is 25.9 Å². The van der Waals surface area contributed by atoms with Crippen molar-refractivity contribution in [3.8, 4) is 0 Å². The van der Waals surface area contributed by atoms with Crippen molar-refractivity contribution in [3.63, 3.8) is 0 Å². The van der Waals surface area contributed by atoms with Crippen molar-refractivity contribution in [2.24, 2.45) is 0 Å². The molecular weight excluding hydrogens is 264 g/mol. The summed E-state index contributed by atoms with van der Waals surface area (Å²) in [6, 6.07) is -0.376. The Bertz CT molecular complexity index is 355. The summed E-state index contributed by atoms with van der Waals surface area (Å²) in [6.07, 6.45) is 5.11. The molecule has 7 nitrogen and oxygen atoms in total. The van der Waals surface area contributed by atoms with E-state index in [0.717, 1.165) is 25.7 Å². The van der Waals surface area contributed by atoms with Gasteiger partial charge in [0.2, 0.25) is 0 Å². The molecule has 1 aliphatic carbocycles. The standard InChI is InChI=1S/C13H22N2O5/c16-11(17)4-7-14-12(18)15-8-10-9-19-13(20-10)5-2-1-3-6-13/h10H,1-9H2,(H,16,17)(H2,14,15,18). The van der Waals surface area contributed by atoms with Crippen LogP contribution in [0.2, 0.25) is 0 Å². The van der Waals surface area contributed by atoms with E-state index in [1.54, 1.807) is 0 Å². The summed E-state index contributed by atoms with van der Waals surface area (Å²) in [5, 5.41) is 13.6. The SMILES string of the molecule is O=C(O)CCNC(=O)NCC1COC2(CCCCC2)O1. The van der Waals surface area contributed by atoms with E-state index < -0.39 is 11.8 Å². The number of carboxylic acid groups (broad SMARTS) is 1. The maximum absolute atomic E-state index is 11.4.